The fourth-order valence-electron chi connectivity index (χ4n) is 2.01. The van der Waals surface area contributed by atoms with Crippen LogP contribution < -0.4 is 10.2 Å². The van der Waals surface area contributed by atoms with Gasteiger partial charge in [0.2, 0.25) is 0 Å². The third-order valence-corrected chi connectivity index (χ3v) is 4.05. The van der Waals surface area contributed by atoms with Gasteiger partial charge in [0.25, 0.3) is 0 Å². The molecule has 0 bridgehead atoms. The highest BCUT2D eigenvalue weighted by molar-refractivity contribution is 9.10. The van der Waals surface area contributed by atoms with E-state index in [0.29, 0.717) is 6.54 Å². The molecular weight excluding hydrogens is 292 g/mol. The van der Waals surface area contributed by atoms with E-state index in [1.807, 2.05) is 0 Å². The zero-order chi connectivity index (χ0) is 13.0. The maximum absolute atomic E-state index is 9.04. The van der Waals surface area contributed by atoms with Gasteiger partial charge in [0.05, 0.1) is 6.61 Å². The molecule has 1 aliphatic carbocycles. The molecule has 0 heterocycles. The molecule has 0 radical (unpaired) electrons. The predicted molar refractivity (Wildman–Crippen MR) is 79.0 cm³/mol. The summed E-state index contributed by atoms with van der Waals surface area (Å²) in [5, 5.41) is 12.6. The summed E-state index contributed by atoms with van der Waals surface area (Å²) in [4.78, 5) is 2.17. The standard InChI is InChI=1S/C14H21BrN2O/c1-2-17(7-8-18)13-6-3-11(14(15)9-13)10-16-12-4-5-12/h3,6,9,12,16,18H,2,4-5,7-8,10H2,1H3. The predicted octanol–water partition coefficient (Wildman–Crippen LogP) is 2.52. The average molecular weight is 313 g/mol. The minimum absolute atomic E-state index is 0.191. The molecule has 0 amide bonds. The lowest BCUT2D eigenvalue weighted by Gasteiger charge is -2.22. The highest BCUT2D eigenvalue weighted by Gasteiger charge is 2.20. The van der Waals surface area contributed by atoms with Gasteiger partial charge in [-0.3, -0.25) is 0 Å². The molecule has 2 rings (SSSR count). The van der Waals surface area contributed by atoms with Crippen LogP contribution in [-0.4, -0.2) is 30.8 Å². The number of anilines is 1. The van der Waals surface area contributed by atoms with Crippen LogP contribution in [-0.2, 0) is 6.54 Å². The summed E-state index contributed by atoms with van der Waals surface area (Å²) in [5.41, 5.74) is 2.46. The van der Waals surface area contributed by atoms with Crippen LogP contribution in [0.15, 0.2) is 22.7 Å². The largest absolute Gasteiger partial charge is 0.395 e. The zero-order valence-corrected chi connectivity index (χ0v) is 12.4. The normalized spacial score (nSPS) is 14.8. The lowest BCUT2D eigenvalue weighted by Crippen LogP contribution is -2.26. The van der Waals surface area contributed by atoms with Crippen molar-refractivity contribution in [3.63, 3.8) is 0 Å². The van der Waals surface area contributed by atoms with E-state index in [-0.39, 0.29) is 6.61 Å². The van der Waals surface area contributed by atoms with E-state index in [1.54, 1.807) is 0 Å². The van der Waals surface area contributed by atoms with Crippen LogP contribution >= 0.6 is 15.9 Å². The van der Waals surface area contributed by atoms with Crippen LogP contribution in [0.25, 0.3) is 0 Å². The first-order valence-corrected chi connectivity index (χ1v) is 7.41. The van der Waals surface area contributed by atoms with Crippen molar-refractivity contribution in [2.45, 2.75) is 32.4 Å². The Morgan fingerprint density at radius 1 is 1.44 bits per heavy atom. The summed E-state index contributed by atoms with van der Waals surface area (Å²) >= 11 is 3.64. The second-order valence-electron chi connectivity index (χ2n) is 4.73. The molecule has 2 N–H and O–H groups in total. The fourth-order valence-corrected chi connectivity index (χ4v) is 2.52. The van der Waals surface area contributed by atoms with E-state index in [0.717, 1.165) is 29.3 Å². The summed E-state index contributed by atoms with van der Waals surface area (Å²) in [7, 11) is 0. The molecule has 1 saturated carbocycles. The number of nitrogens with zero attached hydrogens (tertiary/aromatic N) is 1. The lowest BCUT2D eigenvalue weighted by atomic mass is 10.2. The molecule has 0 aromatic heterocycles. The van der Waals surface area contributed by atoms with Crippen LogP contribution in [0.3, 0.4) is 0 Å². The van der Waals surface area contributed by atoms with Crippen LogP contribution in [0.2, 0.25) is 0 Å². The Morgan fingerprint density at radius 2 is 2.22 bits per heavy atom. The zero-order valence-electron chi connectivity index (χ0n) is 10.8. The van der Waals surface area contributed by atoms with E-state index in [2.05, 4.69) is 51.3 Å². The maximum Gasteiger partial charge on any atom is 0.0606 e. The lowest BCUT2D eigenvalue weighted by molar-refractivity contribution is 0.302. The number of halogens is 1. The summed E-state index contributed by atoms with van der Waals surface area (Å²) in [6, 6.07) is 7.17. The van der Waals surface area contributed by atoms with Crippen molar-refractivity contribution in [3.05, 3.63) is 28.2 Å². The molecule has 0 unspecified atom stereocenters. The number of aliphatic hydroxyl groups excluding tert-OH is 1. The summed E-state index contributed by atoms with van der Waals surface area (Å²) in [6.07, 6.45) is 2.63. The molecule has 0 spiro atoms. The summed E-state index contributed by atoms with van der Waals surface area (Å²) in [6.45, 7) is 4.81. The second kappa shape index (κ2) is 6.55. The quantitative estimate of drug-likeness (QED) is 0.812. The molecule has 0 aliphatic heterocycles. The molecule has 100 valence electrons. The van der Waals surface area contributed by atoms with E-state index < -0.39 is 0 Å². The number of likely N-dealkylation sites (N-methyl/N-ethyl adjacent to an activating group) is 1. The molecule has 3 nitrogen and oxygen atoms in total. The molecule has 1 aromatic rings. The van der Waals surface area contributed by atoms with E-state index >= 15 is 0 Å². The number of benzene rings is 1. The first-order valence-electron chi connectivity index (χ1n) is 6.62. The smallest absolute Gasteiger partial charge is 0.0606 e. The second-order valence-corrected chi connectivity index (χ2v) is 5.59. The highest BCUT2D eigenvalue weighted by Crippen LogP contribution is 2.25. The molecule has 1 aliphatic rings. The van der Waals surface area contributed by atoms with Gasteiger partial charge in [0.15, 0.2) is 0 Å². The Hall–Kier alpha value is -0.580. The number of hydrogen-bond acceptors (Lipinski definition) is 3. The monoisotopic (exact) mass is 312 g/mol. The van der Waals surface area contributed by atoms with Crippen molar-refractivity contribution in [2.75, 3.05) is 24.6 Å². The molecule has 0 atom stereocenters. The van der Waals surface area contributed by atoms with Crippen molar-refractivity contribution < 1.29 is 5.11 Å². The molecular formula is C14H21BrN2O. The Kier molecular flexibility index (Phi) is 5.03. The topological polar surface area (TPSA) is 35.5 Å². The Balaban J connectivity index is 2.02. The molecule has 18 heavy (non-hydrogen) atoms. The minimum Gasteiger partial charge on any atom is -0.395 e. The molecule has 4 heteroatoms. The number of nitrogens with one attached hydrogen (secondary N) is 1. The fraction of sp³-hybridized carbons (Fsp3) is 0.571. The Morgan fingerprint density at radius 3 is 2.78 bits per heavy atom. The summed E-state index contributed by atoms with van der Waals surface area (Å²) < 4.78 is 1.14. The van der Waals surface area contributed by atoms with Gasteiger partial charge >= 0.3 is 0 Å². The molecule has 1 aromatic carbocycles. The number of aliphatic hydroxyl groups is 1. The SMILES string of the molecule is CCN(CCO)c1ccc(CNC2CC2)c(Br)c1. The van der Waals surface area contributed by atoms with E-state index in [9.17, 15) is 0 Å². The number of rotatable bonds is 7. The van der Waals surface area contributed by atoms with Crippen molar-refractivity contribution in [2.24, 2.45) is 0 Å². The van der Waals surface area contributed by atoms with E-state index in [4.69, 9.17) is 5.11 Å². The minimum atomic E-state index is 0.191. The van der Waals surface area contributed by atoms with Crippen molar-refractivity contribution in [3.8, 4) is 0 Å². The van der Waals surface area contributed by atoms with Gasteiger partial charge in [0.1, 0.15) is 0 Å². The van der Waals surface area contributed by atoms with Gasteiger partial charge < -0.3 is 15.3 Å². The first kappa shape index (κ1) is 13.8. The summed E-state index contributed by atoms with van der Waals surface area (Å²) in [5.74, 6) is 0. The van der Waals surface area contributed by atoms with Gasteiger partial charge in [0, 0.05) is 35.8 Å². The van der Waals surface area contributed by atoms with Gasteiger partial charge in [-0.1, -0.05) is 22.0 Å². The molecule has 0 saturated heterocycles. The highest BCUT2D eigenvalue weighted by atomic mass is 79.9. The number of hydrogen-bond donors (Lipinski definition) is 2. The van der Waals surface area contributed by atoms with Gasteiger partial charge in [-0.15, -0.1) is 0 Å². The van der Waals surface area contributed by atoms with Crippen LogP contribution in [0.4, 0.5) is 5.69 Å². The average Bonchev–Trinajstić information content (AvgIpc) is 3.18. The van der Waals surface area contributed by atoms with Crippen molar-refractivity contribution in [1.29, 1.82) is 0 Å². The molecule has 1 fully saturated rings. The van der Waals surface area contributed by atoms with Crippen LogP contribution in [0, 0.1) is 0 Å². The van der Waals surface area contributed by atoms with Gasteiger partial charge in [-0.25, -0.2) is 0 Å². The third kappa shape index (κ3) is 3.70. The van der Waals surface area contributed by atoms with E-state index in [1.165, 1.54) is 18.4 Å². The van der Waals surface area contributed by atoms with Crippen molar-refractivity contribution in [1.82, 2.24) is 5.32 Å². The van der Waals surface area contributed by atoms with Crippen LogP contribution in [0.5, 0.6) is 0 Å². The van der Waals surface area contributed by atoms with Gasteiger partial charge in [-0.2, -0.15) is 0 Å². The van der Waals surface area contributed by atoms with Crippen LogP contribution in [0.1, 0.15) is 25.3 Å². The maximum atomic E-state index is 9.04. The Labute approximate surface area is 117 Å². The first-order chi connectivity index (χ1) is 8.74. The third-order valence-electron chi connectivity index (χ3n) is 3.31. The van der Waals surface area contributed by atoms with Crippen molar-refractivity contribution >= 4 is 21.6 Å². The van der Waals surface area contributed by atoms with Gasteiger partial charge in [-0.05, 0) is 37.5 Å². The Bertz CT molecular complexity index is 393.